The molecule has 0 radical (unpaired) electrons. The molecule has 2 aromatic rings. The number of aromatic amines is 1. The molecule has 0 aromatic carbocycles. The lowest BCUT2D eigenvalue weighted by Crippen LogP contribution is -1.91. The molecule has 0 aliphatic carbocycles. The Labute approximate surface area is 70.1 Å². The summed E-state index contributed by atoms with van der Waals surface area (Å²) in [6.45, 7) is 0.178. The van der Waals surface area contributed by atoms with Crippen molar-refractivity contribution in [3.63, 3.8) is 0 Å². The van der Waals surface area contributed by atoms with Crippen LogP contribution >= 0.6 is 0 Å². The molecule has 0 atom stereocenters. The molecule has 0 amide bonds. The zero-order valence-corrected chi connectivity index (χ0v) is 6.62. The van der Waals surface area contributed by atoms with Gasteiger partial charge in [0, 0.05) is 24.4 Å². The Balaban J connectivity index is 2.46. The van der Waals surface area contributed by atoms with Gasteiger partial charge < -0.3 is 10.1 Å². The lowest BCUT2D eigenvalue weighted by atomic mass is 10.2. The van der Waals surface area contributed by atoms with Gasteiger partial charge in [0.05, 0.1) is 0 Å². The SMILES string of the molecule is OCCc1cnc2[nH]ccc2c1. The number of rotatable bonds is 2. The van der Waals surface area contributed by atoms with E-state index in [1.54, 1.807) is 6.20 Å². The van der Waals surface area contributed by atoms with Crippen LogP contribution in [-0.4, -0.2) is 21.7 Å². The second-order valence-corrected chi connectivity index (χ2v) is 2.73. The van der Waals surface area contributed by atoms with E-state index in [0.29, 0.717) is 6.42 Å². The third kappa shape index (κ3) is 1.19. The number of aliphatic hydroxyl groups excluding tert-OH is 1. The minimum absolute atomic E-state index is 0.178. The van der Waals surface area contributed by atoms with E-state index in [9.17, 15) is 0 Å². The van der Waals surface area contributed by atoms with Gasteiger partial charge in [0.25, 0.3) is 0 Å². The maximum atomic E-state index is 8.71. The van der Waals surface area contributed by atoms with E-state index >= 15 is 0 Å². The summed E-state index contributed by atoms with van der Waals surface area (Å²) >= 11 is 0. The minimum Gasteiger partial charge on any atom is -0.396 e. The van der Waals surface area contributed by atoms with Gasteiger partial charge in [-0.05, 0) is 24.1 Å². The van der Waals surface area contributed by atoms with E-state index in [-0.39, 0.29) is 6.61 Å². The number of aromatic nitrogens is 2. The second-order valence-electron chi connectivity index (χ2n) is 2.73. The van der Waals surface area contributed by atoms with Gasteiger partial charge >= 0.3 is 0 Å². The molecule has 2 rings (SSSR count). The fourth-order valence-corrected chi connectivity index (χ4v) is 1.25. The van der Waals surface area contributed by atoms with Crippen molar-refractivity contribution in [2.24, 2.45) is 0 Å². The Morgan fingerprint density at radius 3 is 3.25 bits per heavy atom. The van der Waals surface area contributed by atoms with Crippen molar-refractivity contribution in [2.45, 2.75) is 6.42 Å². The van der Waals surface area contributed by atoms with Gasteiger partial charge in [-0.3, -0.25) is 0 Å². The first-order valence-electron chi connectivity index (χ1n) is 3.93. The molecule has 0 saturated carbocycles. The Morgan fingerprint density at radius 1 is 1.50 bits per heavy atom. The summed E-state index contributed by atoms with van der Waals surface area (Å²) in [7, 11) is 0. The molecule has 3 heteroatoms. The molecule has 0 bridgehead atoms. The molecule has 0 aliphatic heterocycles. The average molecular weight is 162 g/mol. The normalized spacial score (nSPS) is 10.8. The van der Waals surface area contributed by atoms with Crippen LogP contribution in [0.2, 0.25) is 0 Å². The van der Waals surface area contributed by atoms with E-state index in [0.717, 1.165) is 16.6 Å². The Morgan fingerprint density at radius 2 is 2.42 bits per heavy atom. The quantitative estimate of drug-likeness (QED) is 0.694. The van der Waals surface area contributed by atoms with Crippen LogP contribution in [-0.2, 0) is 6.42 Å². The van der Waals surface area contributed by atoms with Crippen LogP contribution in [0.15, 0.2) is 24.5 Å². The molecular formula is C9H10N2O. The molecule has 0 aliphatic rings. The largest absolute Gasteiger partial charge is 0.396 e. The summed E-state index contributed by atoms with van der Waals surface area (Å²) in [5.74, 6) is 0. The maximum Gasteiger partial charge on any atom is 0.137 e. The van der Waals surface area contributed by atoms with Crippen LogP contribution in [0.25, 0.3) is 11.0 Å². The maximum absolute atomic E-state index is 8.71. The van der Waals surface area contributed by atoms with Crippen molar-refractivity contribution in [3.8, 4) is 0 Å². The van der Waals surface area contributed by atoms with Gasteiger partial charge in [0.2, 0.25) is 0 Å². The highest BCUT2D eigenvalue weighted by molar-refractivity contribution is 5.75. The zero-order valence-electron chi connectivity index (χ0n) is 6.62. The minimum atomic E-state index is 0.178. The van der Waals surface area contributed by atoms with E-state index < -0.39 is 0 Å². The average Bonchev–Trinajstić information content (AvgIpc) is 2.51. The molecular weight excluding hydrogens is 152 g/mol. The number of aliphatic hydroxyl groups is 1. The topological polar surface area (TPSA) is 48.9 Å². The third-order valence-corrected chi connectivity index (χ3v) is 1.86. The number of nitrogens with one attached hydrogen (secondary N) is 1. The van der Waals surface area contributed by atoms with Crippen molar-refractivity contribution in [2.75, 3.05) is 6.61 Å². The summed E-state index contributed by atoms with van der Waals surface area (Å²) in [5.41, 5.74) is 1.97. The molecule has 2 N–H and O–H groups in total. The first kappa shape index (κ1) is 7.31. The van der Waals surface area contributed by atoms with Crippen molar-refractivity contribution in [3.05, 3.63) is 30.1 Å². The summed E-state index contributed by atoms with van der Waals surface area (Å²) in [6, 6.07) is 4.01. The van der Waals surface area contributed by atoms with Crippen LogP contribution in [0.3, 0.4) is 0 Å². The monoisotopic (exact) mass is 162 g/mol. The molecule has 12 heavy (non-hydrogen) atoms. The molecule has 3 nitrogen and oxygen atoms in total. The van der Waals surface area contributed by atoms with Gasteiger partial charge in [-0.15, -0.1) is 0 Å². The summed E-state index contributed by atoms with van der Waals surface area (Å²) in [6.07, 6.45) is 4.32. The smallest absolute Gasteiger partial charge is 0.137 e. The van der Waals surface area contributed by atoms with Crippen LogP contribution < -0.4 is 0 Å². The lowest BCUT2D eigenvalue weighted by molar-refractivity contribution is 0.299. The fraction of sp³-hybridized carbons (Fsp3) is 0.222. The van der Waals surface area contributed by atoms with Crippen molar-refractivity contribution < 1.29 is 5.11 Å². The molecule has 0 fully saturated rings. The van der Waals surface area contributed by atoms with Crippen LogP contribution in [0.4, 0.5) is 0 Å². The summed E-state index contributed by atoms with van der Waals surface area (Å²) in [4.78, 5) is 7.21. The molecule has 2 aromatic heterocycles. The summed E-state index contributed by atoms with van der Waals surface area (Å²) in [5, 5.41) is 9.80. The molecule has 0 unspecified atom stereocenters. The highest BCUT2D eigenvalue weighted by Gasteiger charge is 1.96. The fourth-order valence-electron chi connectivity index (χ4n) is 1.25. The summed E-state index contributed by atoms with van der Waals surface area (Å²) < 4.78 is 0. The Hall–Kier alpha value is -1.35. The number of hydrogen-bond acceptors (Lipinski definition) is 2. The van der Waals surface area contributed by atoms with E-state index in [2.05, 4.69) is 9.97 Å². The number of H-pyrrole nitrogens is 1. The van der Waals surface area contributed by atoms with Crippen molar-refractivity contribution in [1.29, 1.82) is 0 Å². The second kappa shape index (κ2) is 2.95. The third-order valence-electron chi connectivity index (χ3n) is 1.86. The number of pyridine rings is 1. The van der Waals surface area contributed by atoms with Gasteiger partial charge in [0.1, 0.15) is 5.65 Å². The standard InChI is InChI=1S/C9H10N2O/c12-4-2-7-5-8-1-3-10-9(8)11-6-7/h1,3,5-6,12H,2,4H2,(H,10,11). The van der Waals surface area contributed by atoms with Gasteiger partial charge in [-0.25, -0.2) is 4.98 Å². The highest BCUT2D eigenvalue weighted by Crippen LogP contribution is 2.11. The van der Waals surface area contributed by atoms with Crippen LogP contribution in [0.5, 0.6) is 0 Å². The van der Waals surface area contributed by atoms with E-state index in [1.165, 1.54) is 0 Å². The van der Waals surface area contributed by atoms with E-state index in [1.807, 2.05) is 18.3 Å². The first-order chi connectivity index (χ1) is 5.90. The lowest BCUT2D eigenvalue weighted by Gasteiger charge is -1.96. The van der Waals surface area contributed by atoms with Crippen molar-refractivity contribution in [1.82, 2.24) is 9.97 Å². The first-order valence-corrected chi connectivity index (χ1v) is 3.93. The predicted octanol–water partition coefficient (Wildman–Crippen LogP) is 1.10. The zero-order chi connectivity index (χ0) is 8.39. The molecule has 0 spiro atoms. The molecule has 0 saturated heterocycles. The van der Waals surface area contributed by atoms with Crippen LogP contribution in [0.1, 0.15) is 5.56 Å². The molecule has 2 heterocycles. The Bertz CT molecular complexity index is 381. The molecule has 62 valence electrons. The van der Waals surface area contributed by atoms with Crippen molar-refractivity contribution >= 4 is 11.0 Å². The van der Waals surface area contributed by atoms with Crippen LogP contribution in [0, 0.1) is 0 Å². The number of fused-ring (bicyclic) bond motifs is 1. The van der Waals surface area contributed by atoms with Gasteiger partial charge in [-0.2, -0.15) is 0 Å². The number of hydrogen-bond donors (Lipinski definition) is 2. The Kier molecular flexibility index (Phi) is 1.80. The van der Waals surface area contributed by atoms with Gasteiger partial charge in [-0.1, -0.05) is 0 Å². The highest BCUT2D eigenvalue weighted by atomic mass is 16.2. The van der Waals surface area contributed by atoms with Gasteiger partial charge in [0.15, 0.2) is 0 Å². The van der Waals surface area contributed by atoms with E-state index in [4.69, 9.17) is 5.11 Å². The predicted molar refractivity (Wildman–Crippen MR) is 46.9 cm³/mol. The number of nitrogens with zero attached hydrogens (tertiary/aromatic N) is 1.